The molecule has 1 heterocycles. The van der Waals surface area contributed by atoms with Gasteiger partial charge < -0.3 is 10.1 Å². The fourth-order valence-corrected chi connectivity index (χ4v) is 2.53. The number of aromatic nitrogens is 2. The van der Waals surface area contributed by atoms with E-state index in [-0.39, 0.29) is 12.1 Å². The van der Waals surface area contributed by atoms with Crippen molar-refractivity contribution in [2.75, 3.05) is 7.11 Å². The number of methoxy groups -OCH3 is 1. The van der Waals surface area contributed by atoms with Crippen LogP contribution in [-0.4, -0.2) is 16.9 Å². The number of rotatable bonds is 6. The van der Waals surface area contributed by atoms with Gasteiger partial charge in [-0.1, -0.05) is 17.7 Å². The van der Waals surface area contributed by atoms with E-state index in [1.807, 2.05) is 16.9 Å². The topological polar surface area (TPSA) is 39.1 Å². The Kier molecular flexibility index (Phi) is 5.02. The molecule has 0 amide bonds. The molecule has 0 saturated heterocycles. The smallest absolute Gasteiger partial charge is 0.123 e. The summed E-state index contributed by atoms with van der Waals surface area (Å²) in [5.41, 5.74) is 3.63. The van der Waals surface area contributed by atoms with Crippen molar-refractivity contribution >= 4 is 0 Å². The molecule has 114 valence electrons. The summed E-state index contributed by atoms with van der Waals surface area (Å²) in [6.45, 7) is 9.42. The summed E-state index contributed by atoms with van der Waals surface area (Å²) in [4.78, 5) is 0. The minimum Gasteiger partial charge on any atom is -0.496 e. The van der Waals surface area contributed by atoms with Crippen LogP contribution in [0.3, 0.4) is 0 Å². The van der Waals surface area contributed by atoms with E-state index in [0.29, 0.717) is 0 Å². The second kappa shape index (κ2) is 6.76. The van der Waals surface area contributed by atoms with E-state index >= 15 is 0 Å². The highest BCUT2D eigenvalue weighted by Crippen LogP contribution is 2.28. The number of ether oxygens (including phenoxy) is 1. The third kappa shape index (κ3) is 3.64. The monoisotopic (exact) mass is 287 g/mol. The second-order valence-electron chi connectivity index (χ2n) is 5.48. The van der Waals surface area contributed by atoms with Gasteiger partial charge in [0.25, 0.3) is 0 Å². The third-order valence-electron chi connectivity index (χ3n) is 3.83. The minimum atomic E-state index is 0.208. The normalized spacial score (nSPS) is 14.0. The van der Waals surface area contributed by atoms with E-state index < -0.39 is 0 Å². The van der Waals surface area contributed by atoms with E-state index in [4.69, 9.17) is 4.74 Å². The van der Waals surface area contributed by atoms with Crippen LogP contribution in [0.2, 0.25) is 0 Å². The second-order valence-corrected chi connectivity index (χ2v) is 5.48. The lowest BCUT2D eigenvalue weighted by Gasteiger charge is -2.21. The van der Waals surface area contributed by atoms with Crippen LogP contribution in [0.15, 0.2) is 30.6 Å². The molecule has 0 radical (unpaired) electrons. The fraction of sp³-hybridized carbons (Fsp3) is 0.471. The summed E-state index contributed by atoms with van der Waals surface area (Å²) in [6.07, 6.45) is 4.03. The molecule has 2 rings (SSSR count). The van der Waals surface area contributed by atoms with Crippen molar-refractivity contribution in [1.82, 2.24) is 15.1 Å². The molecule has 2 atom stereocenters. The molecular formula is C17H25N3O. The van der Waals surface area contributed by atoms with Crippen molar-refractivity contribution in [3.63, 3.8) is 0 Å². The molecule has 4 nitrogen and oxygen atoms in total. The van der Waals surface area contributed by atoms with Crippen LogP contribution in [0, 0.1) is 6.92 Å². The minimum absolute atomic E-state index is 0.208. The average Bonchev–Trinajstić information content (AvgIpc) is 2.96. The largest absolute Gasteiger partial charge is 0.496 e. The van der Waals surface area contributed by atoms with Gasteiger partial charge in [-0.3, -0.25) is 4.68 Å². The van der Waals surface area contributed by atoms with Gasteiger partial charge in [0.2, 0.25) is 0 Å². The number of benzene rings is 1. The Morgan fingerprint density at radius 3 is 2.67 bits per heavy atom. The lowest BCUT2D eigenvalue weighted by Crippen LogP contribution is -2.22. The highest BCUT2D eigenvalue weighted by atomic mass is 16.5. The van der Waals surface area contributed by atoms with Crippen molar-refractivity contribution in [3.05, 3.63) is 47.3 Å². The molecule has 0 saturated carbocycles. The SMILES string of the molecule is CCn1cc(C(C)NC(C)c2cc(C)ccc2OC)cn1. The van der Waals surface area contributed by atoms with Crippen LogP contribution in [0.5, 0.6) is 5.75 Å². The van der Waals surface area contributed by atoms with Crippen molar-refractivity contribution in [3.8, 4) is 5.75 Å². The zero-order valence-corrected chi connectivity index (χ0v) is 13.6. The fourth-order valence-electron chi connectivity index (χ4n) is 2.53. The first-order valence-electron chi connectivity index (χ1n) is 7.48. The Bertz CT molecular complexity index is 591. The van der Waals surface area contributed by atoms with E-state index in [1.54, 1.807) is 7.11 Å². The summed E-state index contributed by atoms with van der Waals surface area (Å²) in [7, 11) is 1.72. The van der Waals surface area contributed by atoms with Gasteiger partial charge in [0, 0.05) is 36.0 Å². The van der Waals surface area contributed by atoms with E-state index in [2.05, 4.69) is 56.4 Å². The first-order valence-corrected chi connectivity index (χ1v) is 7.48. The maximum atomic E-state index is 5.47. The van der Waals surface area contributed by atoms with E-state index in [1.165, 1.54) is 16.7 Å². The summed E-state index contributed by atoms with van der Waals surface area (Å²) in [5, 5.41) is 7.95. The number of aryl methyl sites for hydroxylation is 2. The number of hydrogen-bond donors (Lipinski definition) is 1. The van der Waals surface area contributed by atoms with Crippen molar-refractivity contribution in [2.45, 2.75) is 46.3 Å². The van der Waals surface area contributed by atoms with Gasteiger partial charge >= 0.3 is 0 Å². The molecular weight excluding hydrogens is 262 g/mol. The van der Waals surface area contributed by atoms with Gasteiger partial charge in [0.15, 0.2) is 0 Å². The average molecular weight is 287 g/mol. The van der Waals surface area contributed by atoms with Crippen LogP contribution >= 0.6 is 0 Å². The van der Waals surface area contributed by atoms with Crippen LogP contribution in [0.1, 0.15) is 49.5 Å². The molecule has 1 aromatic carbocycles. The predicted octanol–water partition coefficient (Wildman–Crippen LogP) is 3.63. The van der Waals surface area contributed by atoms with Gasteiger partial charge in [-0.2, -0.15) is 5.10 Å². The molecule has 21 heavy (non-hydrogen) atoms. The maximum Gasteiger partial charge on any atom is 0.123 e. The molecule has 2 aromatic rings. The number of hydrogen-bond acceptors (Lipinski definition) is 3. The van der Waals surface area contributed by atoms with Gasteiger partial charge in [-0.15, -0.1) is 0 Å². The van der Waals surface area contributed by atoms with E-state index in [9.17, 15) is 0 Å². The van der Waals surface area contributed by atoms with Crippen molar-refractivity contribution < 1.29 is 4.74 Å². The Morgan fingerprint density at radius 2 is 2.05 bits per heavy atom. The molecule has 4 heteroatoms. The van der Waals surface area contributed by atoms with Gasteiger partial charge in [-0.25, -0.2) is 0 Å². The molecule has 0 aliphatic heterocycles. The Balaban J connectivity index is 2.13. The molecule has 1 aromatic heterocycles. The van der Waals surface area contributed by atoms with Gasteiger partial charge in [-0.05, 0) is 33.8 Å². The number of nitrogens with zero attached hydrogens (tertiary/aromatic N) is 2. The Morgan fingerprint density at radius 1 is 1.29 bits per heavy atom. The Hall–Kier alpha value is -1.81. The highest BCUT2D eigenvalue weighted by Gasteiger charge is 2.16. The quantitative estimate of drug-likeness (QED) is 0.881. The molecule has 0 fully saturated rings. The molecule has 0 aliphatic carbocycles. The van der Waals surface area contributed by atoms with E-state index in [0.717, 1.165) is 12.3 Å². The van der Waals surface area contributed by atoms with Crippen LogP contribution < -0.4 is 10.1 Å². The Labute approximate surface area is 127 Å². The summed E-state index contributed by atoms with van der Waals surface area (Å²) in [6, 6.07) is 6.73. The summed E-state index contributed by atoms with van der Waals surface area (Å²) in [5.74, 6) is 0.928. The first kappa shape index (κ1) is 15.6. The molecule has 1 N–H and O–H groups in total. The van der Waals surface area contributed by atoms with Crippen LogP contribution in [-0.2, 0) is 6.54 Å². The molecule has 0 aliphatic rings. The molecule has 2 unspecified atom stereocenters. The first-order chi connectivity index (χ1) is 10.0. The van der Waals surface area contributed by atoms with Crippen molar-refractivity contribution in [2.24, 2.45) is 0 Å². The van der Waals surface area contributed by atoms with Crippen LogP contribution in [0.25, 0.3) is 0 Å². The zero-order chi connectivity index (χ0) is 15.4. The highest BCUT2D eigenvalue weighted by molar-refractivity contribution is 5.39. The standard InChI is InChI=1S/C17H25N3O/c1-6-20-11-15(10-18-20)13(3)19-14(4)16-9-12(2)7-8-17(16)21-5/h7-11,13-14,19H,6H2,1-5H3. The molecule has 0 spiro atoms. The maximum absolute atomic E-state index is 5.47. The zero-order valence-electron chi connectivity index (χ0n) is 13.6. The number of nitrogens with one attached hydrogen (secondary N) is 1. The van der Waals surface area contributed by atoms with Crippen molar-refractivity contribution in [1.29, 1.82) is 0 Å². The molecule has 0 bridgehead atoms. The lowest BCUT2D eigenvalue weighted by atomic mass is 10.0. The third-order valence-corrected chi connectivity index (χ3v) is 3.83. The summed E-state index contributed by atoms with van der Waals surface area (Å²) >= 11 is 0. The predicted molar refractivity (Wildman–Crippen MR) is 85.6 cm³/mol. The summed E-state index contributed by atoms with van der Waals surface area (Å²) < 4.78 is 7.42. The lowest BCUT2D eigenvalue weighted by molar-refractivity contribution is 0.396. The van der Waals surface area contributed by atoms with Gasteiger partial charge in [0.05, 0.1) is 13.3 Å². The van der Waals surface area contributed by atoms with Crippen LogP contribution in [0.4, 0.5) is 0 Å². The van der Waals surface area contributed by atoms with Gasteiger partial charge in [0.1, 0.15) is 5.75 Å².